The maximum Gasteiger partial charge on any atom is 0.573 e. The van der Waals surface area contributed by atoms with Gasteiger partial charge in [-0.3, -0.25) is 0 Å². The molecule has 0 radical (unpaired) electrons. The van der Waals surface area contributed by atoms with Gasteiger partial charge in [0.25, 0.3) is 0 Å². The van der Waals surface area contributed by atoms with Crippen molar-refractivity contribution < 1.29 is 17.9 Å². The first-order valence-electron chi connectivity index (χ1n) is 2.85. The molecule has 0 bridgehead atoms. The Balaban J connectivity index is 2.83. The normalized spacial score (nSPS) is 11.3. The van der Waals surface area contributed by atoms with Crippen LogP contribution in [0.15, 0.2) is 18.3 Å². The predicted molar refractivity (Wildman–Crippen MR) is 43.6 cm³/mol. The monoisotopic (exact) mass is 289 g/mol. The van der Waals surface area contributed by atoms with Gasteiger partial charge in [0.2, 0.25) is 0 Å². The van der Waals surface area contributed by atoms with E-state index in [1.165, 1.54) is 18.3 Å². The summed E-state index contributed by atoms with van der Waals surface area (Å²) in [6.07, 6.45) is -3.26. The van der Waals surface area contributed by atoms with E-state index in [-0.39, 0.29) is 9.45 Å². The summed E-state index contributed by atoms with van der Waals surface area (Å²) in [6.45, 7) is 0. The van der Waals surface area contributed by atoms with E-state index in [1.54, 1.807) is 22.6 Å². The van der Waals surface area contributed by atoms with E-state index >= 15 is 0 Å². The van der Waals surface area contributed by atoms with Crippen LogP contribution in [0.4, 0.5) is 13.2 Å². The zero-order valence-electron chi connectivity index (χ0n) is 5.60. The zero-order valence-corrected chi connectivity index (χ0v) is 7.76. The van der Waals surface area contributed by atoms with E-state index in [4.69, 9.17) is 0 Å². The van der Waals surface area contributed by atoms with E-state index in [2.05, 4.69) is 9.72 Å². The van der Waals surface area contributed by atoms with Crippen molar-refractivity contribution in [2.75, 3.05) is 0 Å². The summed E-state index contributed by atoms with van der Waals surface area (Å²) < 4.78 is 38.9. The molecule has 1 rings (SSSR count). The Labute approximate surface area is 79.9 Å². The molecule has 0 amide bonds. The van der Waals surface area contributed by atoms with Gasteiger partial charge in [-0.25, -0.2) is 4.98 Å². The molecule has 0 unspecified atom stereocenters. The summed E-state index contributed by atoms with van der Waals surface area (Å²) in [6, 6.07) is 2.59. The van der Waals surface area contributed by atoms with E-state index in [0.717, 1.165) is 0 Å². The highest BCUT2D eigenvalue weighted by Crippen LogP contribution is 2.25. The van der Waals surface area contributed by atoms with Gasteiger partial charge in [-0.2, -0.15) is 0 Å². The minimum absolute atomic E-state index is 0.187. The SMILES string of the molecule is FC(F)(F)Oc1cccnc1I. The van der Waals surface area contributed by atoms with Crippen LogP contribution in [0.1, 0.15) is 0 Å². The summed E-state index contributed by atoms with van der Waals surface area (Å²) in [7, 11) is 0. The lowest BCUT2D eigenvalue weighted by atomic mass is 10.5. The molecule has 0 aliphatic carbocycles. The van der Waals surface area contributed by atoms with Crippen LogP contribution >= 0.6 is 22.6 Å². The molecule has 0 saturated heterocycles. The highest BCUT2D eigenvalue weighted by molar-refractivity contribution is 14.1. The number of hydrogen-bond acceptors (Lipinski definition) is 2. The van der Waals surface area contributed by atoms with E-state index in [1.807, 2.05) is 0 Å². The summed E-state index contributed by atoms with van der Waals surface area (Å²) in [5.74, 6) is -0.273. The molecule has 0 aliphatic heterocycles. The van der Waals surface area contributed by atoms with Crippen molar-refractivity contribution in [3.05, 3.63) is 22.0 Å². The molecule has 1 aromatic rings. The second-order valence-electron chi connectivity index (χ2n) is 1.84. The van der Waals surface area contributed by atoms with Crippen molar-refractivity contribution in [3.8, 4) is 5.75 Å². The molecule has 0 aromatic carbocycles. The van der Waals surface area contributed by atoms with Crippen molar-refractivity contribution in [2.45, 2.75) is 6.36 Å². The number of rotatable bonds is 1. The highest BCUT2D eigenvalue weighted by atomic mass is 127. The largest absolute Gasteiger partial charge is 0.573 e. The maximum absolute atomic E-state index is 11.7. The van der Waals surface area contributed by atoms with Gasteiger partial charge in [-0.05, 0) is 34.7 Å². The summed E-state index contributed by atoms with van der Waals surface area (Å²) in [5, 5.41) is 0. The second-order valence-corrected chi connectivity index (χ2v) is 2.86. The maximum atomic E-state index is 11.7. The van der Waals surface area contributed by atoms with Gasteiger partial charge in [0.1, 0.15) is 3.70 Å². The van der Waals surface area contributed by atoms with Gasteiger partial charge in [-0.1, -0.05) is 0 Å². The third kappa shape index (κ3) is 2.84. The van der Waals surface area contributed by atoms with Gasteiger partial charge in [0.05, 0.1) is 0 Å². The fourth-order valence-corrected chi connectivity index (χ4v) is 1.02. The third-order valence-corrected chi connectivity index (χ3v) is 1.76. The van der Waals surface area contributed by atoms with Crippen LogP contribution in [0.5, 0.6) is 5.75 Å². The van der Waals surface area contributed by atoms with Crippen LogP contribution in [-0.2, 0) is 0 Å². The van der Waals surface area contributed by atoms with E-state index in [0.29, 0.717) is 0 Å². The van der Waals surface area contributed by atoms with Gasteiger partial charge >= 0.3 is 6.36 Å². The first kappa shape index (κ1) is 9.56. The second kappa shape index (κ2) is 3.46. The molecule has 1 heterocycles. The number of alkyl halides is 3. The summed E-state index contributed by atoms with van der Waals surface area (Å²) in [5.41, 5.74) is 0. The molecule has 0 atom stereocenters. The van der Waals surface area contributed by atoms with Crippen LogP contribution in [-0.4, -0.2) is 11.3 Å². The van der Waals surface area contributed by atoms with Crippen LogP contribution in [0.2, 0.25) is 0 Å². The third-order valence-electron chi connectivity index (χ3n) is 0.951. The van der Waals surface area contributed by atoms with Crippen molar-refractivity contribution in [3.63, 3.8) is 0 Å². The molecule has 2 nitrogen and oxygen atoms in total. The highest BCUT2D eigenvalue weighted by Gasteiger charge is 2.31. The molecule has 0 saturated carbocycles. The smallest absolute Gasteiger partial charge is 0.403 e. The van der Waals surface area contributed by atoms with Crippen LogP contribution in [0.25, 0.3) is 0 Å². The van der Waals surface area contributed by atoms with Crippen molar-refractivity contribution in [1.29, 1.82) is 0 Å². The number of hydrogen-bond donors (Lipinski definition) is 0. The fraction of sp³-hybridized carbons (Fsp3) is 0.167. The minimum Gasteiger partial charge on any atom is -0.403 e. The Morgan fingerprint density at radius 2 is 2.08 bits per heavy atom. The molecule has 0 N–H and O–H groups in total. The van der Waals surface area contributed by atoms with Crippen LogP contribution in [0.3, 0.4) is 0 Å². The summed E-state index contributed by atoms with van der Waals surface area (Å²) >= 11 is 1.66. The minimum atomic E-state index is -4.65. The average Bonchev–Trinajstić information content (AvgIpc) is 1.91. The Hall–Kier alpha value is -0.530. The molecule has 66 valence electrons. The Bertz CT molecular complexity index is 276. The van der Waals surface area contributed by atoms with Gasteiger partial charge in [0, 0.05) is 6.20 Å². The molecule has 12 heavy (non-hydrogen) atoms. The first-order valence-corrected chi connectivity index (χ1v) is 3.93. The molecule has 0 spiro atoms. The molecular formula is C6H3F3INO. The molecule has 6 heteroatoms. The molecular weight excluding hydrogens is 286 g/mol. The lowest BCUT2D eigenvalue weighted by Gasteiger charge is -2.08. The van der Waals surface area contributed by atoms with Crippen LogP contribution < -0.4 is 4.74 Å². The fourth-order valence-electron chi connectivity index (χ4n) is 0.572. The van der Waals surface area contributed by atoms with Gasteiger partial charge < -0.3 is 4.74 Å². The molecule has 1 aromatic heterocycles. The van der Waals surface area contributed by atoms with E-state index in [9.17, 15) is 13.2 Å². The lowest BCUT2D eigenvalue weighted by Crippen LogP contribution is -2.17. The lowest BCUT2D eigenvalue weighted by molar-refractivity contribution is -0.275. The van der Waals surface area contributed by atoms with Gasteiger partial charge in [-0.15, -0.1) is 13.2 Å². The Morgan fingerprint density at radius 3 is 2.58 bits per heavy atom. The Kier molecular flexibility index (Phi) is 2.76. The number of pyridine rings is 1. The summed E-state index contributed by atoms with van der Waals surface area (Å²) in [4.78, 5) is 3.62. The number of aromatic nitrogens is 1. The van der Waals surface area contributed by atoms with Gasteiger partial charge in [0.15, 0.2) is 5.75 Å². The first-order chi connectivity index (χ1) is 5.49. The zero-order chi connectivity index (χ0) is 9.19. The van der Waals surface area contributed by atoms with Crippen LogP contribution in [0, 0.1) is 3.70 Å². The topological polar surface area (TPSA) is 22.1 Å². The number of ether oxygens (including phenoxy) is 1. The number of halogens is 4. The van der Waals surface area contributed by atoms with E-state index < -0.39 is 6.36 Å². The van der Waals surface area contributed by atoms with Crippen molar-refractivity contribution in [1.82, 2.24) is 4.98 Å². The quantitative estimate of drug-likeness (QED) is 0.585. The average molecular weight is 289 g/mol. The standard InChI is InChI=1S/C6H3F3INO/c7-6(8,9)12-4-2-1-3-11-5(4)10/h1-3H. The van der Waals surface area contributed by atoms with Crippen molar-refractivity contribution >= 4 is 22.6 Å². The molecule has 0 fully saturated rings. The Morgan fingerprint density at radius 1 is 1.42 bits per heavy atom. The molecule has 0 aliphatic rings. The number of nitrogens with zero attached hydrogens (tertiary/aromatic N) is 1. The van der Waals surface area contributed by atoms with Crippen molar-refractivity contribution in [2.24, 2.45) is 0 Å². The predicted octanol–water partition coefficient (Wildman–Crippen LogP) is 2.58.